The Morgan fingerprint density at radius 2 is 2.25 bits per heavy atom. The maximum absolute atomic E-state index is 12.4. The fourth-order valence-corrected chi connectivity index (χ4v) is 2.53. The molecule has 0 unspecified atom stereocenters. The molecule has 20 heavy (non-hydrogen) atoms. The van der Waals surface area contributed by atoms with Gasteiger partial charge in [-0.25, -0.2) is 0 Å². The summed E-state index contributed by atoms with van der Waals surface area (Å²) in [7, 11) is 1.85. The first kappa shape index (κ1) is 12.9. The highest BCUT2D eigenvalue weighted by Crippen LogP contribution is 2.19. The third-order valence-corrected chi connectivity index (χ3v) is 3.76. The number of nitrogens with one attached hydrogen (secondary N) is 2. The molecule has 106 valence electrons. The lowest BCUT2D eigenvalue weighted by Gasteiger charge is -2.31. The van der Waals surface area contributed by atoms with E-state index in [1.54, 1.807) is 23.3 Å². The summed E-state index contributed by atoms with van der Waals surface area (Å²) in [4.78, 5) is 14.2. The van der Waals surface area contributed by atoms with Crippen molar-refractivity contribution in [1.29, 1.82) is 0 Å². The van der Waals surface area contributed by atoms with Gasteiger partial charge in [0.05, 0.1) is 6.26 Å². The molecule has 0 bridgehead atoms. The summed E-state index contributed by atoms with van der Waals surface area (Å²) in [5.74, 6) is 0.632. The molecule has 0 radical (unpaired) electrons. The Bertz CT molecular complexity index is 570. The minimum atomic E-state index is -0.0500. The van der Waals surface area contributed by atoms with Gasteiger partial charge in [-0.2, -0.15) is 5.10 Å². The van der Waals surface area contributed by atoms with Crippen LogP contribution in [0.2, 0.25) is 0 Å². The van der Waals surface area contributed by atoms with Crippen LogP contribution < -0.4 is 5.32 Å². The number of nitrogens with zero attached hydrogens (tertiary/aromatic N) is 2. The Kier molecular flexibility index (Phi) is 3.56. The van der Waals surface area contributed by atoms with E-state index in [1.807, 2.05) is 13.1 Å². The van der Waals surface area contributed by atoms with Crippen LogP contribution in [-0.4, -0.2) is 47.2 Å². The fourth-order valence-electron chi connectivity index (χ4n) is 2.53. The van der Waals surface area contributed by atoms with Crippen molar-refractivity contribution in [3.05, 3.63) is 30.2 Å². The Labute approximate surface area is 117 Å². The number of carbonyl (C=O) groups is 1. The molecule has 1 amide bonds. The normalized spacial score (nSPS) is 16.2. The summed E-state index contributed by atoms with van der Waals surface area (Å²) < 4.78 is 5.29. The van der Waals surface area contributed by atoms with E-state index in [-0.39, 0.29) is 11.9 Å². The van der Waals surface area contributed by atoms with Crippen molar-refractivity contribution in [3.63, 3.8) is 0 Å². The summed E-state index contributed by atoms with van der Waals surface area (Å²) in [6, 6.07) is 5.66. The first-order valence-electron chi connectivity index (χ1n) is 6.83. The molecule has 2 aromatic heterocycles. The second-order valence-corrected chi connectivity index (χ2v) is 5.04. The molecule has 0 aliphatic carbocycles. The SMILES string of the molecule is CN(C(=O)c1cc(-c2ccco2)[nH]n1)C1CCNCC1. The van der Waals surface area contributed by atoms with Crippen LogP contribution in [0.1, 0.15) is 23.3 Å². The lowest BCUT2D eigenvalue weighted by Crippen LogP contribution is -2.44. The van der Waals surface area contributed by atoms with E-state index in [0.29, 0.717) is 11.5 Å². The monoisotopic (exact) mass is 274 g/mol. The van der Waals surface area contributed by atoms with Crippen molar-refractivity contribution in [2.45, 2.75) is 18.9 Å². The van der Waals surface area contributed by atoms with Gasteiger partial charge >= 0.3 is 0 Å². The van der Waals surface area contributed by atoms with Crippen LogP contribution >= 0.6 is 0 Å². The molecule has 3 rings (SSSR count). The topological polar surface area (TPSA) is 74.2 Å². The van der Waals surface area contributed by atoms with Crippen molar-refractivity contribution < 1.29 is 9.21 Å². The molecule has 3 heterocycles. The number of amides is 1. The van der Waals surface area contributed by atoms with Crippen LogP contribution in [-0.2, 0) is 0 Å². The van der Waals surface area contributed by atoms with Gasteiger partial charge in [0.1, 0.15) is 5.69 Å². The zero-order chi connectivity index (χ0) is 13.9. The molecule has 1 aliphatic heterocycles. The lowest BCUT2D eigenvalue weighted by molar-refractivity contribution is 0.0697. The zero-order valence-electron chi connectivity index (χ0n) is 11.4. The van der Waals surface area contributed by atoms with E-state index in [9.17, 15) is 4.79 Å². The number of aromatic amines is 1. The molecule has 1 saturated heterocycles. The summed E-state index contributed by atoms with van der Waals surface area (Å²) in [6.07, 6.45) is 3.56. The minimum Gasteiger partial charge on any atom is -0.463 e. The van der Waals surface area contributed by atoms with Gasteiger partial charge in [-0.15, -0.1) is 0 Å². The van der Waals surface area contributed by atoms with Crippen molar-refractivity contribution in [2.75, 3.05) is 20.1 Å². The molecule has 2 N–H and O–H groups in total. The molecule has 1 fully saturated rings. The van der Waals surface area contributed by atoms with Crippen LogP contribution in [0, 0.1) is 0 Å². The number of rotatable bonds is 3. The second kappa shape index (κ2) is 5.50. The zero-order valence-corrected chi connectivity index (χ0v) is 11.4. The van der Waals surface area contributed by atoms with E-state index in [1.165, 1.54) is 0 Å². The molecule has 1 aliphatic rings. The smallest absolute Gasteiger partial charge is 0.274 e. The van der Waals surface area contributed by atoms with Crippen LogP contribution in [0.3, 0.4) is 0 Å². The van der Waals surface area contributed by atoms with Gasteiger partial charge in [-0.3, -0.25) is 9.89 Å². The largest absolute Gasteiger partial charge is 0.463 e. The van der Waals surface area contributed by atoms with Gasteiger partial charge in [0, 0.05) is 19.2 Å². The minimum absolute atomic E-state index is 0.0500. The van der Waals surface area contributed by atoms with Crippen LogP contribution in [0.25, 0.3) is 11.5 Å². The number of furan rings is 1. The van der Waals surface area contributed by atoms with E-state index in [0.717, 1.165) is 31.6 Å². The van der Waals surface area contributed by atoms with Crippen LogP contribution in [0.4, 0.5) is 0 Å². The average molecular weight is 274 g/mol. The van der Waals surface area contributed by atoms with Crippen LogP contribution in [0.5, 0.6) is 0 Å². The quantitative estimate of drug-likeness (QED) is 0.889. The standard InChI is InChI=1S/C14H18N4O2/c1-18(10-4-6-15-7-5-10)14(19)12-9-11(16-17-12)13-3-2-8-20-13/h2-3,8-10,15H,4-7H2,1H3,(H,16,17). The van der Waals surface area contributed by atoms with Gasteiger partial charge in [0.2, 0.25) is 0 Å². The Hall–Kier alpha value is -2.08. The Balaban J connectivity index is 1.73. The second-order valence-electron chi connectivity index (χ2n) is 5.04. The van der Waals surface area contributed by atoms with E-state index >= 15 is 0 Å². The Morgan fingerprint density at radius 1 is 1.45 bits per heavy atom. The molecule has 6 heteroatoms. The number of carbonyl (C=O) groups excluding carboxylic acids is 1. The lowest BCUT2D eigenvalue weighted by atomic mass is 10.1. The van der Waals surface area contributed by atoms with E-state index in [2.05, 4.69) is 15.5 Å². The summed E-state index contributed by atoms with van der Waals surface area (Å²) >= 11 is 0. The predicted molar refractivity (Wildman–Crippen MR) is 74.3 cm³/mol. The third kappa shape index (κ3) is 2.46. The number of aromatic nitrogens is 2. The molecular formula is C14H18N4O2. The molecule has 2 aromatic rings. The fraction of sp³-hybridized carbons (Fsp3) is 0.429. The Morgan fingerprint density at radius 3 is 2.95 bits per heavy atom. The third-order valence-electron chi connectivity index (χ3n) is 3.76. The highest BCUT2D eigenvalue weighted by atomic mass is 16.3. The van der Waals surface area contributed by atoms with Crippen molar-refractivity contribution in [3.8, 4) is 11.5 Å². The predicted octanol–water partition coefficient (Wildman–Crippen LogP) is 1.49. The van der Waals surface area contributed by atoms with Crippen LogP contribution in [0.15, 0.2) is 28.9 Å². The van der Waals surface area contributed by atoms with Crippen molar-refractivity contribution in [2.24, 2.45) is 0 Å². The summed E-state index contributed by atoms with van der Waals surface area (Å²) in [5, 5.41) is 10.2. The van der Waals surface area contributed by atoms with Crippen molar-refractivity contribution >= 4 is 5.91 Å². The van der Waals surface area contributed by atoms with Gasteiger partial charge in [0.15, 0.2) is 11.5 Å². The van der Waals surface area contributed by atoms with Gasteiger partial charge in [-0.1, -0.05) is 0 Å². The number of hydrogen-bond donors (Lipinski definition) is 2. The van der Waals surface area contributed by atoms with Gasteiger partial charge < -0.3 is 14.6 Å². The maximum atomic E-state index is 12.4. The molecule has 0 aromatic carbocycles. The van der Waals surface area contributed by atoms with Gasteiger partial charge in [0.25, 0.3) is 5.91 Å². The van der Waals surface area contributed by atoms with Gasteiger partial charge in [-0.05, 0) is 38.1 Å². The molecule has 0 spiro atoms. The highest BCUT2D eigenvalue weighted by molar-refractivity contribution is 5.93. The molecule has 6 nitrogen and oxygen atoms in total. The molecular weight excluding hydrogens is 256 g/mol. The average Bonchev–Trinajstić information content (AvgIpc) is 3.17. The molecule has 0 atom stereocenters. The van der Waals surface area contributed by atoms with Crippen molar-refractivity contribution in [1.82, 2.24) is 20.4 Å². The first-order chi connectivity index (χ1) is 9.75. The number of hydrogen-bond acceptors (Lipinski definition) is 4. The summed E-state index contributed by atoms with van der Waals surface area (Å²) in [6.45, 7) is 1.92. The number of piperidine rings is 1. The first-order valence-corrected chi connectivity index (χ1v) is 6.83. The maximum Gasteiger partial charge on any atom is 0.274 e. The van der Waals surface area contributed by atoms with E-state index < -0.39 is 0 Å². The molecule has 0 saturated carbocycles. The number of H-pyrrole nitrogens is 1. The summed E-state index contributed by atoms with van der Waals surface area (Å²) in [5.41, 5.74) is 1.15. The van der Waals surface area contributed by atoms with E-state index in [4.69, 9.17) is 4.42 Å². The highest BCUT2D eigenvalue weighted by Gasteiger charge is 2.24.